The van der Waals surface area contributed by atoms with Crippen molar-refractivity contribution in [3.8, 4) is 5.88 Å². The van der Waals surface area contributed by atoms with Gasteiger partial charge in [0.25, 0.3) is 0 Å². The zero-order chi connectivity index (χ0) is 13.1. The monoisotopic (exact) mass is 239 g/mol. The molecule has 0 saturated carbocycles. The summed E-state index contributed by atoms with van der Waals surface area (Å²) in [6.45, 7) is 12.3. The third kappa shape index (κ3) is 4.77. The first kappa shape index (κ1) is 14.0. The van der Waals surface area contributed by atoms with E-state index in [1.165, 1.54) is 0 Å². The van der Waals surface area contributed by atoms with Crippen molar-refractivity contribution in [1.82, 2.24) is 15.1 Å². The molecule has 4 nitrogen and oxygen atoms in total. The van der Waals surface area contributed by atoms with E-state index in [1.807, 2.05) is 20.0 Å². The number of aromatic nitrogens is 2. The number of rotatable bonds is 6. The molecular weight excluding hydrogens is 214 g/mol. The number of ether oxygens (including phenoxy) is 1. The molecule has 1 rings (SSSR count). The molecule has 0 aromatic carbocycles. The number of hydrogen-bond donors (Lipinski definition) is 1. The highest BCUT2D eigenvalue weighted by Crippen LogP contribution is 2.18. The van der Waals surface area contributed by atoms with Crippen LogP contribution in [0.2, 0.25) is 0 Å². The van der Waals surface area contributed by atoms with Crippen LogP contribution < -0.4 is 10.1 Å². The molecule has 1 aromatic rings. The minimum atomic E-state index is 0.114. The summed E-state index contributed by atoms with van der Waals surface area (Å²) in [5, 5.41) is 7.70. The van der Waals surface area contributed by atoms with Crippen LogP contribution in [0.4, 0.5) is 0 Å². The standard InChI is InChI=1S/C13H25N3O/c1-10(2)14-8-13(4,5)9-17-12-7-11(3)15-16(12)6/h7,10,14H,8-9H2,1-6H3. The van der Waals surface area contributed by atoms with Gasteiger partial charge in [-0.1, -0.05) is 27.7 Å². The van der Waals surface area contributed by atoms with Gasteiger partial charge >= 0.3 is 0 Å². The molecule has 0 aliphatic rings. The fourth-order valence-electron chi connectivity index (χ4n) is 1.52. The lowest BCUT2D eigenvalue weighted by Gasteiger charge is -2.26. The predicted octanol–water partition coefficient (Wildman–Crippen LogP) is 2.13. The molecule has 0 atom stereocenters. The molecule has 17 heavy (non-hydrogen) atoms. The molecule has 0 unspecified atom stereocenters. The van der Waals surface area contributed by atoms with Gasteiger partial charge in [-0.3, -0.25) is 0 Å². The first-order valence-corrected chi connectivity index (χ1v) is 6.17. The molecule has 0 fully saturated rings. The topological polar surface area (TPSA) is 39.1 Å². The second-order valence-corrected chi connectivity index (χ2v) is 5.74. The second kappa shape index (κ2) is 5.54. The number of hydrogen-bond acceptors (Lipinski definition) is 3. The Morgan fingerprint density at radius 3 is 2.59 bits per heavy atom. The zero-order valence-corrected chi connectivity index (χ0v) is 11.9. The van der Waals surface area contributed by atoms with Crippen LogP contribution in [0.15, 0.2) is 6.07 Å². The fourth-order valence-corrected chi connectivity index (χ4v) is 1.52. The quantitative estimate of drug-likeness (QED) is 0.826. The van der Waals surface area contributed by atoms with E-state index in [0.29, 0.717) is 12.6 Å². The van der Waals surface area contributed by atoms with Gasteiger partial charge in [-0.2, -0.15) is 5.10 Å². The average molecular weight is 239 g/mol. The zero-order valence-electron chi connectivity index (χ0n) is 11.9. The molecule has 1 heterocycles. The molecule has 0 bridgehead atoms. The van der Waals surface area contributed by atoms with E-state index in [-0.39, 0.29) is 5.41 Å². The Labute approximate surface area is 104 Å². The molecule has 0 saturated heterocycles. The summed E-state index contributed by atoms with van der Waals surface area (Å²) < 4.78 is 7.59. The molecule has 4 heteroatoms. The molecule has 0 spiro atoms. The van der Waals surface area contributed by atoms with Crippen molar-refractivity contribution in [2.45, 2.75) is 40.7 Å². The van der Waals surface area contributed by atoms with Crippen LogP contribution in [-0.4, -0.2) is 29.0 Å². The molecule has 1 aromatic heterocycles. The molecule has 1 N–H and O–H groups in total. The van der Waals surface area contributed by atoms with Crippen LogP contribution in [0, 0.1) is 12.3 Å². The average Bonchev–Trinajstić information content (AvgIpc) is 2.52. The molecule has 98 valence electrons. The van der Waals surface area contributed by atoms with Gasteiger partial charge in [-0.25, -0.2) is 4.68 Å². The van der Waals surface area contributed by atoms with Gasteiger partial charge in [-0.15, -0.1) is 0 Å². The van der Waals surface area contributed by atoms with Gasteiger partial charge in [0.1, 0.15) is 0 Å². The first-order chi connectivity index (χ1) is 7.80. The van der Waals surface area contributed by atoms with Gasteiger partial charge in [-0.05, 0) is 6.92 Å². The fraction of sp³-hybridized carbons (Fsp3) is 0.769. The summed E-state index contributed by atoms with van der Waals surface area (Å²) >= 11 is 0. The summed E-state index contributed by atoms with van der Waals surface area (Å²) in [5.41, 5.74) is 1.10. The lowest BCUT2D eigenvalue weighted by molar-refractivity contribution is 0.163. The normalized spacial score (nSPS) is 12.2. The number of nitrogens with one attached hydrogen (secondary N) is 1. The van der Waals surface area contributed by atoms with Gasteiger partial charge in [0, 0.05) is 31.1 Å². The Bertz CT molecular complexity index is 356. The van der Waals surface area contributed by atoms with Crippen LogP contribution >= 0.6 is 0 Å². The Kier molecular flexibility index (Phi) is 4.57. The summed E-state index contributed by atoms with van der Waals surface area (Å²) in [5.74, 6) is 0.833. The van der Waals surface area contributed by atoms with Gasteiger partial charge < -0.3 is 10.1 Å². The van der Waals surface area contributed by atoms with Crippen molar-refractivity contribution in [3.05, 3.63) is 11.8 Å². The van der Waals surface area contributed by atoms with E-state index in [2.05, 4.69) is 38.1 Å². The van der Waals surface area contributed by atoms with Gasteiger partial charge in [0.2, 0.25) is 5.88 Å². The van der Waals surface area contributed by atoms with Crippen molar-refractivity contribution in [2.24, 2.45) is 12.5 Å². The van der Waals surface area contributed by atoms with Crippen molar-refractivity contribution in [1.29, 1.82) is 0 Å². The minimum absolute atomic E-state index is 0.114. The van der Waals surface area contributed by atoms with Gasteiger partial charge in [0.15, 0.2) is 0 Å². The molecule has 0 radical (unpaired) electrons. The van der Waals surface area contributed by atoms with Gasteiger partial charge in [0.05, 0.1) is 12.3 Å². The SMILES string of the molecule is Cc1cc(OCC(C)(C)CNC(C)C)n(C)n1. The smallest absolute Gasteiger partial charge is 0.211 e. The van der Waals surface area contributed by atoms with Crippen LogP contribution in [0.1, 0.15) is 33.4 Å². The first-order valence-electron chi connectivity index (χ1n) is 6.17. The van der Waals surface area contributed by atoms with E-state index < -0.39 is 0 Å². The lowest BCUT2D eigenvalue weighted by Crippen LogP contribution is -2.37. The third-order valence-electron chi connectivity index (χ3n) is 2.56. The molecular formula is C13H25N3O. The van der Waals surface area contributed by atoms with Crippen LogP contribution in [0.3, 0.4) is 0 Å². The number of nitrogens with zero attached hydrogens (tertiary/aromatic N) is 2. The summed E-state index contributed by atoms with van der Waals surface area (Å²) in [7, 11) is 1.90. The second-order valence-electron chi connectivity index (χ2n) is 5.74. The van der Waals surface area contributed by atoms with Crippen LogP contribution in [0.5, 0.6) is 5.88 Å². The van der Waals surface area contributed by atoms with Crippen LogP contribution in [0.25, 0.3) is 0 Å². The molecule has 0 amide bonds. The van der Waals surface area contributed by atoms with E-state index in [9.17, 15) is 0 Å². The van der Waals surface area contributed by atoms with Crippen LogP contribution in [-0.2, 0) is 7.05 Å². The highest BCUT2D eigenvalue weighted by atomic mass is 16.5. The highest BCUT2D eigenvalue weighted by molar-refractivity contribution is 5.14. The molecule has 0 aliphatic carbocycles. The summed E-state index contributed by atoms with van der Waals surface area (Å²) in [6.07, 6.45) is 0. The Morgan fingerprint density at radius 2 is 2.12 bits per heavy atom. The number of aryl methyl sites for hydroxylation is 2. The van der Waals surface area contributed by atoms with E-state index in [1.54, 1.807) is 4.68 Å². The predicted molar refractivity (Wildman–Crippen MR) is 70.4 cm³/mol. The Balaban J connectivity index is 2.46. The summed E-state index contributed by atoms with van der Waals surface area (Å²) in [6, 6.07) is 2.47. The van der Waals surface area contributed by atoms with Crippen molar-refractivity contribution in [3.63, 3.8) is 0 Å². The summed E-state index contributed by atoms with van der Waals surface area (Å²) in [4.78, 5) is 0. The van der Waals surface area contributed by atoms with E-state index >= 15 is 0 Å². The minimum Gasteiger partial charge on any atom is -0.477 e. The lowest BCUT2D eigenvalue weighted by atomic mass is 9.94. The van der Waals surface area contributed by atoms with Crippen molar-refractivity contribution in [2.75, 3.05) is 13.2 Å². The highest BCUT2D eigenvalue weighted by Gasteiger charge is 2.19. The maximum Gasteiger partial charge on any atom is 0.211 e. The van der Waals surface area contributed by atoms with Crippen molar-refractivity contribution >= 4 is 0 Å². The van der Waals surface area contributed by atoms with E-state index in [4.69, 9.17) is 4.74 Å². The maximum atomic E-state index is 5.82. The molecule has 0 aliphatic heterocycles. The maximum absolute atomic E-state index is 5.82. The third-order valence-corrected chi connectivity index (χ3v) is 2.56. The largest absolute Gasteiger partial charge is 0.477 e. The Hall–Kier alpha value is -1.03. The van der Waals surface area contributed by atoms with E-state index in [0.717, 1.165) is 18.1 Å². The van der Waals surface area contributed by atoms with Crippen molar-refractivity contribution < 1.29 is 4.74 Å². The Morgan fingerprint density at radius 1 is 1.47 bits per heavy atom.